The zero-order valence-electron chi connectivity index (χ0n) is 13.0. The van der Waals surface area contributed by atoms with E-state index in [-0.39, 0.29) is 17.7 Å². The summed E-state index contributed by atoms with van der Waals surface area (Å²) in [6.07, 6.45) is 0. The molecule has 1 atom stereocenters. The molecule has 1 aliphatic rings. The van der Waals surface area contributed by atoms with Gasteiger partial charge in [-0.3, -0.25) is 14.5 Å². The lowest BCUT2D eigenvalue weighted by Crippen LogP contribution is -2.69. The van der Waals surface area contributed by atoms with Gasteiger partial charge in [-0.25, -0.2) is 0 Å². The summed E-state index contributed by atoms with van der Waals surface area (Å²) in [6, 6.07) is 4.96. The molecule has 0 bridgehead atoms. The Kier molecular flexibility index (Phi) is 4.02. The number of hydrogen-bond acceptors (Lipinski definition) is 2. The highest BCUT2D eigenvalue weighted by Crippen LogP contribution is 2.34. The van der Waals surface area contributed by atoms with Gasteiger partial charge in [-0.1, -0.05) is 31.5 Å². The van der Waals surface area contributed by atoms with Crippen LogP contribution in [0.5, 0.6) is 0 Å². The lowest BCUT2D eigenvalue weighted by molar-refractivity contribution is -0.138. The second kappa shape index (κ2) is 5.34. The first-order valence-electron chi connectivity index (χ1n) is 7.07. The molecule has 0 aromatic heterocycles. The maximum atomic E-state index is 12.8. The minimum Gasteiger partial charge on any atom is -0.340 e. The summed E-state index contributed by atoms with van der Waals surface area (Å²) in [5.74, 6) is -0.305. The SMILES string of the molecule is Cc1ccc(N2C(=O)C(C)(C)NC(=O)C2C(C)C)c(Cl)c1. The number of halogens is 1. The molecule has 114 valence electrons. The average molecular weight is 309 g/mol. The molecule has 2 rings (SSSR count). The first-order valence-corrected chi connectivity index (χ1v) is 7.45. The molecule has 21 heavy (non-hydrogen) atoms. The summed E-state index contributed by atoms with van der Waals surface area (Å²) in [6.45, 7) is 9.19. The van der Waals surface area contributed by atoms with Crippen LogP contribution in [-0.4, -0.2) is 23.4 Å². The molecule has 5 heteroatoms. The Balaban J connectivity index is 2.58. The van der Waals surface area contributed by atoms with Crippen molar-refractivity contribution in [3.05, 3.63) is 28.8 Å². The highest BCUT2D eigenvalue weighted by Gasteiger charge is 2.47. The number of benzene rings is 1. The summed E-state index contributed by atoms with van der Waals surface area (Å²) in [5.41, 5.74) is 0.670. The van der Waals surface area contributed by atoms with Crippen LogP contribution in [0.4, 0.5) is 5.69 Å². The van der Waals surface area contributed by atoms with Crippen LogP contribution < -0.4 is 10.2 Å². The van der Waals surface area contributed by atoms with Crippen molar-refractivity contribution in [2.45, 2.75) is 46.2 Å². The summed E-state index contributed by atoms with van der Waals surface area (Å²) in [7, 11) is 0. The Morgan fingerprint density at radius 2 is 1.90 bits per heavy atom. The number of hydrogen-bond donors (Lipinski definition) is 1. The van der Waals surface area contributed by atoms with E-state index in [1.807, 2.05) is 26.8 Å². The Hall–Kier alpha value is -1.55. The van der Waals surface area contributed by atoms with E-state index in [9.17, 15) is 9.59 Å². The molecule has 2 amide bonds. The molecule has 1 unspecified atom stereocenters. The van der Waals surface area contributed by atoms with Crippen molar-refractivity contribution in [3.8, 4) is 0 Å². The fraction of sp³-hybridized carbons (Fsp3) is 0.500. The molecule has 1 aromatic carbocycles. The Morgan fingerprint density at radius 3 is 2.43 bits per heavy atom. The van der Waals surface area contributed by atoms with Crippen molar-refractivity contribution in [2.75, 3.05) is 4.90 Å². The number of nitrogens with zero attached hydrogens (tertiary/aromatic N) is 1. The molecule has 1 heterocycles. The zero-order chi connectivity index (χ0) is 15.9. The second-order valence-electron chi connectivity index (χ2n) is 6.43. The normalized spacial score (nSPS) is 21.7. The van der Waals surface area contributed by atoms with Gasteiger partial charge in [-0.2, -0.15) is 0 Å². The number of anilines is 1. The Bertz CT molecular complexity index is 596. The first-order chi connectivity index (χ1) is 9.65. The fourth-order valence-corrected chi connectivity index (χ4v) is 2.97. The highest BCUT2D eigenvalue weighted by atomic mass is 35.5. The third-order valence-electron chi connectivity index (χ3n) is 3.73. The van der Waals surface area contributed by atoms with Crippen LogP contribution in [0.3, 0.4) is 0 Å². The van der Waals surface area contributed by atoms with Gasteiger partial charge in [-0.15, -0.1) is 0 Å². The largest absolute Gasteiger partial charge is 0.340 e. The number of aryl methyl sites for hydroxylation is 1. The third kappa shape index (κ3) is 2.77. The van der Waals surface area contributed by atoms with E-state index in [0.29, 0.717) is 10.7 Å². The predicted octanol–water partition coefficient (Wildman–Crippen LogP) is 2.91. The molecular formula is C16H21ClN2O2. The maximum absolute atomic E-state index is 12.8. The molecule has 0 saturated carbocycles. The van der Waals surface area contributed by atoms with E-state index in [0.717, 1.165) is 5.56 Å². The van der Waals surface area contributed by atoms with Crippen molar-refractivity contribution in [1.29, 1.82) is 0 Å². The van der Waals surface area contributed by atoms with Gasteiger partial charge < -0.3 is 5.32 Å². The van der Waals surface area contributed by atoms with E-state index in [2.05, 4.69) is 5.32 Å². The van der Waals surface area contributed by atoms with Crippen molar-refractivity contribution >= 4 is 29.1 Å². The van der Waals surface area contributed by atoms with Crippen LogP contribution in [-0.2, 0) is 9.59 Å². The molecule has 1 aromatic rings. The molecule has 0 aliphatic carbocycles. The standard InChI is InChI=1S/C16H21ClN2O2/c1-9(2)13-14(20)18-16(4,5)15(21)19(13)12-7-6-10(3)8-11(12)17/h6-9,13H,1-5H3,(H,18,20). The molecule has 1 saturated heterocycles. The van der Waals surface area contributed by atoms with Gasteiger partial charge in [0.15, 0.2) is 0 Å². The van der Waals surface area contributed by atoms with Crippen molar-refractivity contribution in [1.82, 2.24) is 5.32 Å². The van der Waals surface area contributed by atoms with Crippen LogP contribution in [0, 0.1) is 12.8 Å². The highest BCUT2D eigenvalue weighted by molar-refractivity contribution is 6.34. The summed E-state index contributed by atoms with van der Waals surface area (Å²) in [4.78, 5) is 26.8. The first kappa shape index (κ1) is 15.8. The van der Waals surface area contributed by atoms with Crippen LogP contribution in [0.25, 0.3) is 0 Å². The Morgan fingerprint density at radius 1 is 1.29 bits per heavy atom. The van der Waals surface area contributed by atoms with Crippen molar-refractivity contribution < 1.29 is 9.59 Å². The van der Waals surface area contributed by atoms with E-state index in [1.54, 1.807) is 30.9 Å². The number of amides is 2. The van der Waals surface area contributed by atoms with Gasteiger partial charge in [0.25, 0.3) is 5.91 Å². The number of nitrogens with one attached hydrogen (secondary N) is 1. The second-order valence-corrected chi connectivity index (χ2v) is 6.84. The Labute approximate surface area is 130 Å². The van der Waals surface area contributed by atoms with E-state index < -0.39 is 11.6 Å². The number of rotatable bonds is 2. The maximum Gasteiger partial charge on any atom is 0.252 e. The zero-order valence-corrected chi connectivity index (χ0v) is 13.8. The van der Waals surface area contributed by atoms with E-state index >= 15 is 0 Å². The van der Waals surface area contributed by atoms with Gasteiger partial charge in [-0.05, 0) is 44.4 Å². The minimum absolute atomic E-state index is 0.0116. The molecular weight excluding hydrogens is 288 g/mol. The topological polar surface area (TPSA) is 49.4 Å². The van der Waals surface area contributed by atoms with Gasteiger partial charge in [0, 0.05) is 0 Å². The van der Waals surface area contributed by atoms with Crippen molar-refractivity contribution in [3.63, 3.8) is 0 Å². The molecule has 1 N–H and O–H groups in total. The van der Waals surface area contributed by atoms with Crippen LogP contribution in [0.1, 0.15) is 33.3 Å². The molecule has 1 aliphatic heterocycles. The molecule has 1 fully saturated rings. The summed E-state index contributed by atoms with van der Waals surface area (Å²) < 4.78 is 0. The van der Waals surface area contributed by atoms with Gasteiger partial charge in [0.1, 0.15) is 11.6 Å². The van der Waals surface area contributed by atoms with Crippen LogP contribution >= 0.6 is 11.6 Å². The number of carbonyl (C=O) groups is 2. The molecule has 0 radical (unpaired) electrons. The lowest BCUT2D eigenvalue weighted by atomic mass is 9.91. The summed E-state index contributed by atoms with van der Waals surface area (Å²) >= 11 is 6.31. The third-order valence-corrected chi connectivity index (χ3v) is 4.03. The predicted molar refractivity (Wildman–Crippen MR) is 84.5 cm³/mol. The minimum atomic E-state index is -0.934. The average Bonchev–Trinajstić information content (AvgIpc) is 2.33. The molecule has 0 spiro atoms. The number of carbonyl (C=O) groups excluding carboxylic acids is 2. The van der Waals surface area contributed by atoms with Crippen LogP contribution in [0.15, 0.2) is 18.2 Å². The molecule has 4 nitrogen and oxygen atoms in total. The lowest BCUT2D eigenvalue weighted by Gasteiger charge is -2.44. The monoisotopic (exact) mass is 308 g/mol. The van der Waals surface area contributed by atoms with Gasteiger partial charge in [0.05, 0.1) is 10.7 Å². The van der Waals surface area contributed by atoms with Gasteiger partial charge in [0.2, 0.25) is 5.91 Å². The van der Waals surface area contributed by atoms with E-state index in [4.69, 9.17) is 11.6 Å². The number of piperazine rings is 1. The smallest absolute Gasteiger partial charge is 0.252 e. The van der Waals surface area contributed by atoms with Crippen LogP contribution in [0.2, 0.25) is 5.02 Å². The fourth-order valence-electron chi connectivity index (χ4n) is 2.65. The van der Waals surface area contributed by atoms with E-state index in [1.165, 1.54) is 0 Å². The quantitative estimate of drug-likeness (QED) is 0.913. The van der Waals surface area contributed by atoms with Crippen molar-refractivity contribution in [2.24, 2.45) is 5.92 Å². The van der Waals surface area contributed by atoms with Gasteiger partial charge >= 0.3 is 0 Å². The summed E-state index contributed by atoms with van der Waals surface area (Å²) in [5, 5.41) is 3.28.